The molecule has 2 aromatic heterocycles. The second-order valence-electron chi connectivity index (χ2n) is 8.07. The van der Waals surface area contributed by atoms with Gasteiger partial charge in [0.05, 0.1) is 25.3 Å². The van der Waals surface area contributed by atoms with Gasteiger partial charge in [0.1, 0.15) is 17.8 Å². The maximum atomic E-state index is 13.0. The molecule has 0 spiro atoms. The molecule has 0 radical (unpaired) electrons. The molecule has 28 heavy (non-hydrogen) atoms. The summed E-state index contributed by atoms with van der Waals surface area (Å²) in [5.74, 6) is 2.28. The van der Waals surface area contributed by atoms with E-state index in [1.807, 2.05) is 23.4 Å². The van der Waals surface area contributed by atoms with E-state index < -0.39 is 0 Å². The first-order chi connectivity index (χ1) is 13.6. The minimum absolute atomic E-state index is 0.0596. The smallest absolute Gasteiger partial charge is 0.257 e. The number of carbonyl (C=O) groups excluding carboxylic acids is 1. The number of furan rings is 1. The van der Waals surface area contributed by atoms with E-state index in [0.29, 0.717) is 18.2 Å². The lowest BCUT2D eigenvalue weighted by Crippen LogP contribution is -2.39. The number of nitrogens with zero attached hydrogens (tertiary/aromatic N) is 4. The summed E-state index contributed by atoms with van der Waals surface area (Å²) in [5, 5.41) is 0. The van der Waals surface area contributed by atoms with Gasteiger partial charge in [-0.3, -0.25) is 9.69 Å². The van der Waals surface area contributed by atoms with Crippen molar-refractivity contribution in [3.8, 4) is 0 Å². The summed E-state index contributed by atoms with van der Waals surface area (Å²) in [5.41, 5.74) is 0.649. The molecule has 0 unspecified atom stereocenters. The Labute approximate surface area is 166 Å². The number of morpholine rings is 1. The third-order valence-electron chi connectivity index (χ3n) is 5.71. The Morgan fingerprint density at radius 2 is 2.11 bits per heavy atom. The van der Waals surface area contributed by atoms with Crippen molar-refractivity contribution in [1.82, 2.24) is 19.4 Å². The summed E-state index contributed by atoms with van der Waals surface area (Å²) < 4.78 is 13.3. The molecule has 1 atom stereocenters. The largest absolute Gasteiger partial charge is 0.467 e. The minimum atomic E-state index is 0.0596. The highest BCUT2D eigenvalue weighted by Crippen LogP contribution is 2.28. The normalized spacial score (nSPS) is 21.4. The van der Waals surface area contributed by atoms with Crippen LogP contribution in [0.4, 0.5) is 0 Å². The predicted octanol–water partition coefficient (Wildman–Crippen LogP) is 2.91. The molecule has 0 aromatic carbocycles. The molecule has 7 heteroatoms. The van der Waals surface area contributed by atoms with E-state index in [-0.39, 0.29) is 11.8 Å². The molecule has 4 heterocycles. The molecule has 0 saturated carbocycles. The van der Waals surface area contributed by atoms with Crippen molar-refractivity contribution in [1.29, 1.82) is 0 Å². The highest BCUT2D eigenvalue weighted by Gasteiger charge is 2.29. The SMILES string of the molecule is CC(C)n1ccnc1[C@H]1CCCN(C(=O)c2coc(CN3CCOCC3)c2)C1. The lowest BCUT2D eigenvalue weighted by Gasteiger charge is -2.33. The molecule has 2 aliphatic heterocycles. The zero-order valence-corrected chi connectivity index (χ0v) is 16.8. The molecular formula is C21H30N4O3. The van der Waals surface area contributed by atoms with E-state index in [1.165, 1.54) is 0 Å². The first-order valence-electron chi connectivity index (χ1n) is 10.3. The van der Waals surface area contributed by atoms with Crippen LogP contribution in [0.15, 0.2) is 29.1 Å². The Balaban J connectivity index is 1.41. The van der Waals surface area contributed by atoms with Crippen LogP contribution in [0.5, 0.6) is 0 Å². The van der Waals surface area contributed by atoms with Gasteiger partial charge in [-0.25, -0.2) is 4.98 Å². The first kappa shape index (κ1) is 19.2. The Morgan fingerprint density at radius 3 is 2.89 bits per heavy atom. The van der Waals surface area contributed by atoms with E-state index in [4.69, 9.17) is 9.15 Å². The maximum absolute atomic E-state index is 13.0. The molecule has 2 saturated heterocycles. The van der Waals surface area contributed by atoms with Crippen molar-refractivity contribution in [3.05, 3.63) is 41.9 Å². The summed E-state index contributed by atoms with van der Waals surface area (Å²) in [6.07, 6.45) is 7.58. The van der Waals surface area contributed by atoms with Crippen LogP contribution >= 0.6 is 0 Å². The van der Waals surface area contributed by atoms with Crippen molar-refractivity contribution >= 4 is 5.91 Å². The van der Waals surface area contributed by atoms with Crippen LogP contribution in [0.1, 0.15) is 60.6 Å². The average Bonchev–Trinajstić information content (AvgIpc) is 3.38. The topological polar surface area (TPSA) is 63.7 Å². The Kier molecular flexibility index (Phi) is 5.82. The Morgan fingerprint density at radius 1 is 1.29 bits per heavy atom. The van der Waals surface area contributed by atoms with Gasteiger partial charge in [-0.15, -0.1) is 0 Å². The number of rotatable bonds is 5. The van der Waals surface area contributed by atoms with E-state index in [1.54, 1.807) is 6.26 Å². The van der Waals surface area contributed by atoms with Crippen LogP contribution < -0.4 is 0 Å². The summed E-state index contributed by atoms with van der Waals surface area (Å²) in [6.45, 7) is 9.89. The predicted molar refractivity (Wildman–Crippen MR) is 105 cm³/mol. The second-order valence-corrected chi connectivity index (χ2v) is 8.07. The molecule has 1 amide bonds. The molecule has 2 aromatic rings. The number of ether oxygens (including phenoxy) is 1. The van der Waals surface area contributed by atoms with Crippen LogP contribution in [0, 0.1) is 0 Å². The van der Waals surface area contributed by atoms with Crippen LogP contribution in [-0.2, 0) is 11.3 Å². The molecule has 0 bridgehead atoms. The van der Waals surface area contributed by atoms with Crippen molar-refractivity contribution in [2.24, 2.45) is 0 Å². The summed E-state index contributed by atoms with van der Waals surface area (Å²) in [4.78, 5) is 21.9. The molecular weight excluding hydrogens is 356 g/mol. The number of piperidine rings is 1. The Bertz CT molecular complexity index is 791. The number of amides is 1. The van der Waals surface area contributed by atoms with E-state index in [0.717, 1.165) is 63.8 Å². The fourth-order valence-corrected chi connectivity index (χ4v) is 4.19. The number of carbonyl (C=O) groups is 1. The van der Waals surface area contributed by atoms with Crippen LogP contribution in [-0.4, -0.2) is 64.7 Å². The van der Waals surface area contributed by atoms with E-state index in [9.17, 15) is 4.79 Å². The number of hydrogen-bond donors (Lipinski definition) is 0. The molecule has 0 N–H and O–H groups in total. The van der Waals surface area contributed by atoms with Crippen molar-refractivity contribution in [3.63, 3.8) is 0 Å². The lowest BCUT2D eigenvalue weighted by molar-refractivity contribution is 0.0313. The molecule has 2 aliphatic rings. The summed E-state index contributed by atoms with van der Waals surface area (Å²) in [6, 6.07) is 2.27. The van der Waals surface area contributed by atoms with Crippen molar-refractivity contribution in [2.75, 3.05) is 39.4 Å². The van der Waals surface area contributed by atoms with E-state index in [2.05, 4.69) is 28.3 Å². The number of hydrogen-bond acceptors (Lipinski definition) is 5. The fraction of sp³-hybridized carbons (Fsp3) is 0.619. The number of likely N-dealkylation sites (tertiary alicyclic amines) is 1. The van der Waals surface area contributed by atoms with Crippen molar-refractivity contribution < 1.29 is 13.9 Å². The molecule has 152 valence electrons. The lowest BCUT2D eigenvalue weighted by atomic mass is 9.96. The highest BCUT2D eigenvalue weighted by atomic mass is 16.5. The monoisotopic (exact) mass is 386 g/mol. The van der Waals surface area contributed by atoms with Gasteiger partial charge in [0.2, 0.25) is 0 Å². The van der Waals surface area contributed by atoms with Crippen LogP contribution in [0.3, 0.4) is 0 Å². The van der Waals surface area contributed by atoms with Crippen molar-refractivity contribution in [2.45, 2.75) is 45.2 Å². The van der Waals surface area contributed by atoms with Gasteiger partial charge < -0.3 is 18.6 Å². The van der Waals surface area contributed by atoms with E-state index >= 15 is 0 Å². The number of aromatic nitrogens is 2. The zero-order chi connectivity index (χ0) is 19.5. The van der Waals surface area contributed by atoms with Gasteiger partial charge in [-0.1, -0.05) is 0 Å². The zero-order valence-electron chi connectivity index (χ0n) is 16.8. The Hall–Kier alpha value is -2.12. The van der Waals surface area contributed by atoms with Crippen LogP contribution in [0.25, 0.3) is 0 Å². The van der Waals surface area contributed by atoms with Gasteiger partial charge in [0.15, 0.2) is 0 Å². The summed E-state index contributed by atoms with van der Waals surface area (Å²) in [7, 11) is 0. The summed E-state index contributed by atoms with van der Waals surface area (Å²) >= 11 is 0. The standard InChI is InChI=1S/C21H30N4O3/c1-16(2)25-7-5-22-20(25)17-4-3-6-24(13-17)21(26)18-12-19(28-15-18)14-23-8-10-27-11-9-23/h5,7,12,15-17H,3-4,6,8-11,13-14H2,1-2H3/t17-/m0/s1. The maximum Gasteiger partial charge on any atom is 0.257 e. The number of imidazole rings is 1. The minimum Gasteiger partial charge on any atom is -0.467 e. The van der Waals surface area contributed by atoms with Gasteiger partial charge in [0, 0.05) is 50.5 Å². The van der Waals surface area contributed by atoms with Gasteiger partial charge >= 0.3 is 0 Å². The van der Waals surface area contributed by atoms with Gasteiger partial charge in [0.25, 0.3) is 5.91 Å². The average molecular weight is 386 g/mol. The molecule has 0 aliphatic carbocycles. The van der Waals surface area contributed by atoms with Crippen LogP contribution in [0.2, 0.25) is 0 Å². The molecule has 2 fully saturated rings. The molecule has 4 rings (SSSR count). The second kappa shape index (κ2) is 8.49. The fourth-order valence-electron chi connectivity index (χ4n) is 4.19. The first-order valence-corrected chi connectivity index (χ1v) is 10.3. The van der Waals surface area contributed by atoms with Gasteiger partial charge in [-0.05, 0) is 32.8 Å². The van der Waals surface area contributed by atoms with Gasteiger partial charge in [-0.2, -0.15) is 0 Å². The third kappa shape index (κ3) is 4.15. The quantitative estimate of drug-likeness (QED) is 0.791. The molecule has 7 nitrogen and oxygen atoms in total. The third-order valence-corrected chi connectivity index (χ3v) is 5.71. The highest BCUT2D eigenvalue weighted by molar-refractivity contribution is 5.94.